The Morgan fingerprint density at radius 3 is 2.57 bits per heavy atom. The van der Waals surface area contributed by atoms with Gasteiger partial charge in [-0.25, -0.2) is 9.67 Å². The number of nitrogens with zero attached hydrogens (tertiary/aromatic N) is 4. The Bertz CT molecular complexity index is 756. The van der Waals surface area contributed by atoms with E-state index in [0.29, 0.717) is 0 Å². The van der Waals surface area contributed by atoms with Crippen LogP contribution < -0.4 is 0 Å². The molecular formula is C16H19ClN4. The van der Waals surface area contributed by atoms with Crippen LogP contribution in [0.4, 0.5) is 0 Å². The smallest absolute Gasteiger partial charge is 0.163 e. The minimum absolute atomic E-state index is 0.160. The molecule has 110 valence electrons. The minimum atomic E-state index is -0.160. The van der Waals surface area contributed by atoms with E-state index in [4.69, 9.17) is 16.6 Å². The summed E-state index contributed by atoms with van der Waals surface area (Å²) in [7, 11) is 1.96. The number of alkyl halides is 1. The van der Waals surface area contributed by atoms with Crippen molar-refractivity contribution in [3.63, 3.8) is 0 Å². The van der Waals surface area contributed by atoms with E-state index in [1.807, 2.05) is 36.9 Å². The van der Waals surface area contributed by atoms with Crippen molar-refractivity contribution in [3.05, 3.63) is 41.9 Å². The van der Waals surface area contributed by atoms with Gasteiger partial charge in [0.25, 0.3) is 0 Å². The molecule has 1 unspecified atom stereocenters. The van der Waals surface area contributed by atoms with Crippen molar-refractivity contribution in [1.82, 2.24) is 19.3 Å². The number of hydrogen-bond donors (Lipinski definition) is 0. The number of fused-ring (bicyclic) bond motifs is 1. The lowest BCUT2D eigenvalue weighted by molar-refractivity contribution is 0.727. The molecule has 1 atom stereocenters. The topological polar surface area (TPSA) is 35.6 Å². The maximum atomic E-state index is 6.36. The van der Waals surface area contributed by atoms with Gasteiger partial charge in [0.1, 0.15) is 11.3 Å². The van der Waals surface area contributed by atoms with Crippen LogP contribution in [0.2, 0.25) is 0 Å². The Morgan fingerprint density at radius 1 is 1.24 bits per heavy atom. The Kier molecular flexibility index (Phi) is 3.72. The van der Waals surface area contributed by atoms with Crippen molar-refractivity contribution in [3.8, 4) is 5.69 Å². The van der Waals surface area contributed by atoms with Crippen LogP contribution >= 0.6 is 11.6 Å². The first-order valence-corrected chi connectivity index (χ1v) is 7.70. The molecule has 0 aliphatic heterocycles. The zero-order valence-corrected chi connectivity index (χ0v) is 13.3. The lowest BCUT2D eigenvalue weighted by atomic mass is 10.2. The molecule has 0 saturated heterocycles. The predicted molar refractivity (Wildman–Crippen MR) is 86.1 cm³/mol. The maximum Gasteiger partial charge on any atom is 0.163 e. The van der Waals surface area contributed by atoms with Crippen LogP contribution in [0.3, 0.4) is 0 Å². The van der Waals surface area contributed by atoms with Gasteiger partial charge in [0, 0.05) is 12.7 Å². The first kappa shape index (κ1) is 14.1. The minimum Gasteiger partial charge on any atom is -0.280 e. The van der Waals surface area contributed by atoms with E-state index in [9.17, 15) is 0 Å². The second kappa shape index (κ2) is 5.53. The van der Waals surface area contributed by atoms with Gasteiger partial charge in [0.2, 0.25) is 0 Å². The molecule has 2 heterocycles. The van der Waals surface area contributed by atoms with Gasteiger partial charge < -0.3 is 0 Å². The van der Waals surface area contributed by atoms with Gasteiger partial charge >= 0.3 is 0 Å². The lowest BCUT2D eigenvalue weighted by Crippen LogP contribution is -2.06. The normalized spacial score (nSPS) is 13.0. The Balaban J connectivity index is 2.32. The fourth-order valence-corrected chi connectivity index (χ4v) is 2.85. The van der Waals surface area contributed by atoms with Crippen molar-refractivity contribution >= 4 is 22.8 Å². The molecule has 2 aromatic heterocycles. The summed E-state index contributed by atoms with van der Waals surface area (Å²) >= 11 is 6.36. The van der Waals surface area contributed by atoms with Crippen LogP contribution in [0.15, 0.2) is 30.3 Å². The molecule has 5 heteroatoms. The van der Waals surface area contributed by atoms with Gasteiger partial charge in [-0.15, -0.1) is 11.6 Å². The molecule has 0 saturated carbocycles. The highest BCUT2D eigenvalue weighted by molar-refractivity contribution is 6.20. The first-order chi connectivity index (χ1) is 10.1. The van der Waals surface area contributed by atoms with Crippen molar-refractivity contribution in [2.45, 2.75) is 32.1 Å². The van der Waals surface area contributed by atoms with Crippen LogP contribution in [-0.4, -0.2) is 19.3 Å². The summed E-state index contributed by atoms with van der Waals surface area (Å²) in [4.78, 5) is 4.78. The molecule has 1 aromatic carbocycles. The molecule has 0 bridgehead atoms. The van der Waals surface area contributed by atoms with E-state index in [1.54, 1.807) is 0 Å². The van der Waals surface area contributed by atoms with E-state index >= 15 is 0 Å². The predicted octanol–water partition coefficient (Wildman–Crippen LogP) is 4.01. The second-order valence-corrected chi connectivity index (χ2v) is 5.90. The Hall–Kier alpha value is -1.81. The van der Waals surface area contributed by atoms with Gasteiger partial charge in [0.15, 0.2) is 5.65 Å². The molecular weight excluding hydrogens is 284 g/mol. The van der Waals surface area contributed by atoms with Gasteiger partial charge in [-0.1, -0.05) is 31.5 Å². The van der Waals surface area contributed by atoms with Gasteiger partial charge in [-0.2, -0.15) is 5.10 Å². The average Bonchev–Trinajstić information content (AvgIpc) is 3.00. The summed E-state index contributed by atoms with van der Waals surface area (Å²) in [5, 5.41) is 4.46. The van der Waals surface area contributed by atoms with E-state index < -0.39 is 0 Å². The average molecular weight is 303 g/mol. The highest BCUT2D eigenvalue weighted by Gasteiger charge is 2.22. The summed E-state index contributed by atoms with van der Waals surface area (Å²) in [6.45, 7) is 4.11. The number of benzene rings is 1. The number of rotatable bonds is 4. The summed E-state index contributed by atoms with van der Waals surface area (Å²) in [6.07, 6.45) is 1.98. The van der Waals surface area contributed by atoms with Crippen molar-refractivity contribution in [2.24, 2.45) is 7.05 Å². The molecule has 4 nitrogen and oxygen atoms in total. The lowest BCUT2D eigenvalue weighted by Gasteiger charge is -2.10. The number of aryl methyl sites for hydroxylation is 2. The maximum absolute atomic E-state index is 6.36. The fourth-order valence-electron chi connectivity index (χ4n) is 2.70. The number of aromatic nitrogens is 4. The quantitative estimate of drug-likeness (QED) is 0.683. The standard InChI is InChI=1S/C16H19ClN4/c1-4-8-13-14-16(20(3)19-13)21(15(18-14)11(2)17)12-9-6-5-7-10-12/h5-7,9-11H,4,8H2,1-3H3. The molecule has 3 aromatic rings. The fraction of sp³-hybridized carbons (Fsp3) is 0.375. The largest absolute Gasteiger partial charge is 0.280 e. The summed E-state index contributed by atoms with van der Waals surface area (Å²) < 4.78 is 4.02. The zero-order chi connectivity index (χ0) is 15.0. The molecule has 0 spiro atoms. The van der Waals surface area contributed by atoms with Crippen LogP contribution in [-0.2, 0) is 13.5 Å². The molecule has 0 fully saturated rings. The third-order valence-electron chi connectivity index (χ3n) is 3.59. The molecule has 0 aliphatic rings. The van der Waals surface area contributed by atoms with Crippen LogP contribution in [0.25, 0.3) is 16.9 Å². The third-order valence-corrected chi connectivity index (χ3v) is 3.78. The molecule has 21 heavy (non-hydrogen) atoms. The number of para-hydroxylation sites is 1. The number of imidazole rings is 1. The van der Waals surface area contributed by atoms with Gasteiger partial charge in [-0.05, 0) is 25.5 Å². The first-order valence-electron chi connectivity index (χ1n) is 7.27. The highest BCUT2D eigenvalue weighted by Crippen LogP contribution is 2.29. The van der Waals surface area contributed by atoms with E-state index in [0.717, 1.165) is 41.2 Å². The van der Waals surface area contributed by atoms with Crippen LogP contribution in [0, 0.1) is 0 Å². The monoisotopic (exact) mass is 302 g/mol. The molecule has 0 N–H and O–H groups in total. The van der Waals surface area contributed by atoms with Crippen molar-refractivity contribution < 1.29 is 0 Å². The molecule has 0 aliphatic carbocycles. The van der Waals surface area contributed by atoms with Crippen LogP contribution in [0.1, 0.15) is 37.2 Å². The summed E-state index contributed by atoms with van der Waals surface area (Å²) in [5.41, 5.74) is 4.08. The molecule has 3 rings (SSSR count). The molecule has 0 amide bonds. The Morgan fingerprint density at radius 2 is 1.95 bits per heavy atom. The number of hydrogen-bond acceptors (Lipinski definition) is 2. The van der Waals surface area contributed by atoms with E-state index in [1.165, 1.54) is 0 Å². The summed E-state index contributed by atoms with van der Waals surface area (Å²) in [5.74, 6) is 0.864. The second-order valence-electron chi connectivity index (χ2n) is 5.25. The van der Waals surface area contributed by atoms with Gasteiger partial charge in [0.05, 0.1) is 11.1 Å². The van der Waals surface area contributed by atoms with Crippen molar-refractivity contribution in [1.29, 1.82) is 0 Å². The SMILES string of the molecule is CCCc1nn(C)c2c1nc(C(C)Cl)n2-c1ccccc1. The van der Waals surface area contributed by atoms with Crippen molar-refractivity contribution in [2.75, 3.05) is 0 Å². The summed E-state index contributed by atoms with van der Waals surface area (Å²) in [6, 6.07) is 10.2. The number of halogens is 1. The van der Waals surface area contributed by atoms with E-state index in [2.05, 4.69) is 28.7 Å². The highest BCUT2D eigenvalue weighted by atomic mass is 35.5. The molecule has 0 radical (unpaired) electrons. The zero-order valence-electron chi connectivity index (χ0n) is 12.5. The third kappa shape index (κ3) is 2.33. The Labute approximate surface area is 129 Å². The van der Waals surface area contributed by atoms with E-state index in [-0.39, 0.29) is 5.38 Å². The van der Waals surface area contributed by atoms with Crippen LogP contribution in [0.5, 0.6) is 0 Å². The van der Waals surface area contributed by atoms with Gasteiger partial charge in [-0.3, -0.25) is 4.57 Å².